The lowest BCUT2D eigenvalue weighted by Crippen LogP contribution is -2.27. The van der Waals surface area contributed by atoms with Crippen LogP contribution in [0.25, 0.3) is 0 Å². The van der Waals surface area contributed by atoms with E-state index in [1.807, 2.05) is 6.92 Å². The first-order chi connectivity index (χ1) is 9.28. The van der Waals surface area contributed by atoms with Gasteiger partial charge in [-0.2, -0.15) is 0 Å². The fourth-order valence-corrected chi connectivity index (χ4v) is 4.70. The maximum absolute atomic E-state index is 12.5. The van der Waals surface area contributed by atoms with E-state index in [-0.39, 0.29) is 0 Å². The molecule has 0 aromatic carbocycles. The average molecular weight is 319 g/mol. The van der Waals surface area contributed by atoms with Gasteiger partial charge in [-0.25, -0.2) is 12.7 Å². The summed E-state index contributed by atoms with van der Waals surface area (Å²) in [6.45, 7) is 9.50. The normalized spacial score (nSPS) is 12.6. The zero-order chi connectivity index (χ0) is 15.3. The fourth-order valence-electron chi connectivity index (χ4n) is 1.74. The Morgan fingerprint density at radius 3 is 2.60 bits per heavy atom. The first kappa shape index (κ1) is 17.6. The van der Waals surface area contributed by atoms with E-state index in [9.17, 15) is 8.42 Å². The molecule has 0 amide bonds. The number of rotatable bonds is 8. The number of hydrogen-bond donors (Lipinski definition) is 1. The summed E-state index contributed by atoms with van der Waals surface area (Å²) < 4.78 is 26.8. The molecule has 0 aliphatic heterocycles. The van der Waals surface area contributed by atoms with Crippen LogP contribution < -0.4 is 5.32 Å². The quantitative estimate of drug-likeness (QED) is 0.801. The Bertz CT molecular complexity index is 521. The summed E-state index contributed by atoms with van der Waals surface area (Å²) in [5.41, 5.74) is 1.05. The lowest BCUT2D eigenvalue weighted by Gasteiger charge is -2.15. The molecular formula is C14H26N2O2S2. The second-order valence-electron chi connectivity index (χ2n) is 5.39. The molecule has 0 saturated heterocycles. The van der Waals surface area contributed by atoms with E-state index in [1.165, 1.54) is 15.6 Å². The summed E-state index contributed by atoms with van der Waals surface area (Å²) in [6, 6.07) is 2.18. The summed E-state index contributed by atoms with van der Waals surface area (Å²) in [6.07, 6.45) is 1.88. The van der Waals surface area contributed by atoms with E-state index in [2.05, 4.69) is 26.1 Å². The van der Waals surface area contributed by atoms with E-state index >= 15 is 0 Å². The van der Waals surface area contributed by atoms with Crippen molar-refractivity contribution in [3.63, 3.8) is 0 Å². The smallest absolute Gasteiger partial charge is 0.252 e. The van der Waals surface area contributed by atoms with E-state index in [0.29, 0.717) is 16.8 Å². The minimum absolute atomic E-state index is 0.392. The number of thiophene rings is 1. The van der Waals surface area contributed by atoms with Gasteiger partial charge in [-0.1, -0.05) is 27.2 Å². The van der Waals surface area contributed by atoms with Gasteiger partial charge in [0.2, 0.25) is 0 Å². The summed E-state index contributed by atoms with van der Waals surface area (Å²) in [4.78, 5) is 1.10. The van der Waals surface area contributed by atoms with Crippen molar-refractivity contribution >= 4 is 21.4 Å². The van der Waals surface area contributed by atoms with Crippen LogP contribution in [0.1, 0.15) is 44.1 Å². The second kappa shape index (κ2) is 7.54. The Balaban J connectivity index is 2.88. The third-order valence-electron chi connectivity index (χ3n) is 3.16. The maximum Gasteiger partial charge on any atom is 0.252 e. The molecule has 1 rings (SSSR count). The first-order valence-corrected chi connectivity index (χ1v) is 9.33. The van der Waals surface area contributed by atoms with E-state index in [4.69, 9.17) is 0 Å². The van der Waals surface area contributed by atoms with Crippen LogP contribution in [0.15, 0.2) is 10.3 Å². The van der Waals surface area contributed by atoms with Crippen molar-refractivity contribution in [3.8, 4) is 0 Å². The van der Waals surface area contributed by atoms with Gasteiger partial charge >= 0.3 is 0 Å². The predicted octanol–water partition coefficient (Wildman–Crippen LogP) is 2.98. The molecule has 0 radical (unpaired) electrons. The monoisotopic (exact) mass is 318 g/mol. The van der Waals surface area contributed by atoms with Crippen molar-refractivity contribution in [2.75, 3.05) is 13.6 Å². The summed E-state index contributed by atoms with van der Waals surface area (Å²) >= 11 is 1.38. The predicted molar refractivity (Wildman–Crippen MR) is 85.8 cm³/mol. The molecule has 6 heteroatoms. The van der Waals surface area contributed by atoms with Crippen LogP contribution in [0.2, 0.25) is 0 Å². The van der Waals surface area contributed by atoms with E-state index in [0.717, 1.165) is 29.8 Å². The minimum Gasteiger partial charge on any atom is -0.310 e. The highest BCUT2D eigenvalue weighted by Crippen LogP contribution is 2.28. The van der Waals surface area contributed by atoms with Crippen molar-refractivity contribution in [2.45, 2.75) is 57.3 Å². The summed E-state index contributed by atoms with van der Waals surface area (Å²) in [5.74, 6) is 0. The van der Waals surface area contributed by atoms with Gasteiger partial charge in [0.25, 0.3) is 10.0 Å². The SMILES string of the molecule is CCCCN(C)S(=O)(=O)c1cc(C)c(CNC(C)C)s1. The number of unbranched alkanes of at least 4 members (excludes halogenated alkanes) is 1. The van der Waals surface area contributed by atoms with Crippen molar-refractivity contribution in [2.24, 2.45) is 0 Å². The number of sulfonamides is 1. The summed E-state index contributed by atoms with van der Waals surface area (Å²) in [5, 5.41) is 3.33. The van der Waals surface area contributed by atoms with Crippen molar-refractivity contribution in [1.82, 2.24) is 9.62 Å². The number of nitrogens with zero attached hydrogens (tertiary/aromatic N) is 1. The van der Waals surface area contributed by atoms with Crippen LogP contribution in [0.5, 0.6) is 0 Å². The summed E-state index contributed by atoms with van der Waals surface area (Å²) in [7, 11) is -1.67. The molecule has 1 heterocycles. The fraction of sp³-hybridized carbons (Fsp3) is 0.714. The minimum atomic E-state index is -3.33. The van der Waals surface area contributed by atoms with Crippen molar-refractivity contribution in [3.05, 3.63) is 16.5 Å². The first-order valence-electron chi connectivity index (χ1n) is 7.08. The second-order valence-corrected chi connectivity index (χ2v) is 8.80. The van der Waals surface area contributed by atoms with Crippen LogP contribution in [0.4, 0.5) is 0 Å². The molecule has 0 atom stereocenters. The zero-order valence-corrected chi connectivity index (χ0v) is 14.7. The molecule has 0 unspecified atom stereocenters. The Kier molecular flexibility index (Phi) is 6.64. The lowest BCUT2D eigenvalue weighted by molar-refractivity contribution is 0.461. The van der Waals surface area contributed by atoms with Crippen molar-refractivity contribution in [1.29, 1.82) is 0 Å². The number of hydrogen-bond acceptors (Lipinski definition) is 4. The molecule has 116 valence electrons. The molecule has 1 N–H and O–H groups in total. The van der Waals surface area contributed by atoms with Gasteiger partial charge < -0.3 is 5.32 Å². The maximum atomic E-state index is 12.5. The Hall–Kier alpha value is -0.430. The average Bonchev–Trinajstić information content (AvgIpc) is 2.75. The van der Waals surface area contributed by atoms with Gasteiger partial charge in [-0.15, -0.1) is 11.3 Å². The number of aryl methyl sites for hydroxylation is 1. The van der Waals surface area contributed by atoms with Crippen LogP contribution >= 0.6 is 11.3 Å². The van der Waals surface area contributed by atoms with Gasteiger partial charge in [-0.05, 0) is 25.0 Å². The third-order valence-corrected chi connectivity index (χ3v) is 6.70. The largest absolute Gasteiger partial charge is 0.310 e. The number of nitrogens with one attached hydrogen (secondary N) is 1. The Morgan fingerprint density at radius 2 is 2.05 bits per heavy atom. The molecule has 1 aromatic rings. The highest BCUT2D eigenvalue weighted by atomic mass is 32.2. The van der Waals surface area contributed by atoms with Gasteiger partial charge in [0.15, 0.2) is 0 Å². The van der Waals surface area contributed by atoms with Gasteiger partial charge in [0.05, 0.1) is 0 Å². The molecule has 0 aliphatic rings. The molecule has 0 aliphatic carbocycles. The van der Waals surface area contributed by atoms with Gasteiger partial charge in [-0.3, -0.25) is 0 Å². The van der Waals surface area contributed by atoms with E-state index in [1.54, 1.807) is 13.1 Å². The highest BCUT2D eigenvalue weighted by molar-refractivity contribution is 7.91. The molecule has 0 spiro atoms. The Morgan fingerprint density at radius 1 is 1.40 bits per heavy atom. The van der Waals surface area contributed by atoms with Crippen molar-refractivity contribution < 1.29 is 8.42 Å². The van der Waals surface area contributed by atoms with Gasteiger partial charge in [0.1, 0.15) is 4.21 Å². The zero-order valence-electron chi connectivity index (χ0n) is 13.1. The molecule has 4 nitrogen and oxygen atoms in total. The highest BCUT2D eigenvalue weighted by Gasteiger charge is 2.23. The molecular weight excluding hydrogens is 292 g/mol. The van der Waals surface area contributed by atoms with Crippen LogP contribution in [-0.2, 0) is 16.6 Å². The topological polar surface area (TPSA) is 49.4 Å². The third kappa shape index (κ3) is 4.55. The molecule has 20 heavy (non-hydrogen) atoms. The molecule has 0 fully saturated rings. The van der Waals surface area contributed by atoms with Crippen LogP contribution in [0, 0.1) is 6.92 Å². The molecule has 1 aromatic heterocycles. The van der Waals surface area contributed by atoms with Crippen LogP contribution in [-0.4, -0.2) is 32.4 Å². The van der Waals surface area contributed by atoms with E-state index < -0.39 is 10.0 Å². The molecule has 0 bridgehead atoms. The van der Waals surface area contributed by atoms with Crippen LogP contribution in [0.3, 0.4) is 0 Å². The Labute approximate surface area is 127 Å². The van der Waals surface area contributed by atoms with Gasteiger partial charge in [0, 0.05) is 31.1 Å². The molecule has 0 saturated carbocycles. The lowest BCUT2D eigenvalue weighted by atomic mass is 10.3. The standard InChI is InChI=1S/C14H26N2O2S2/c1-6-7-8-16(5)20(17,18)14-9-12(4)13(19-14)10-15-11(2)3/h9,11,15H,6-8,10H2,1-5H3.